The maximum atomic E-state index is 9.60. The molecule has 3 aromatic heterocycles. The highest BCUT2D eigenvalue weighted by atomic mass is 32.1. The van der Waals surface area contributed by atoms with Crippen LogP contribution in [0.1, 0.15) is 16.7 Å². The molecule has 0 aliphatic heterocycles. The van der Waals surface area contributed by atoms with Gasteiger partial charge in [0.2, 0.25) is 0 Å². The minimum atomic E-state index is 0.603. The van der Waals surface area contributed by atoms with Crippen LogP contribution in [0.5, 0.6) is 0 Å². The number of benzene rings is 6. The van der Waals surface area contributed by atoms with Gasteiger partial charge in [-0.05, 0) is 97.9 Å². The lowest BCUT2D eigenvalue weighted by Gasteiger charge is -2.10. The summed E-state index contributed by atoms with van der Waals surface area (Å²) >= 11 is 1.81. The second kappa shape index (κ2) is 9.06. The summed E-state index contributed by atoms with van der Waals surface area (Å²) in [4.78, 5) is 0. The first-order valence-corrected chi connectivity index (χ1v) is 15.3. The zero-order valence-corrected chi connectivity index (χ0v) is 24.5. The Balaban J connectivity index is 1.31. The number of hydrogen-bond donors (Lipinski definition) is 0. The van der Waals surface area contributed by atoms with Crippen molar-refractivity contribution in [3.63, 3.8) is 0 Å². The van der Waals surface area contributed by atoms with Crippen LogP contribution in [0, 0.1) is 29.6 Å². The lowest BCUT2D eigenvalue weighted by Crippen LogP contribution is -1.94. The normalized spacial score (nSPS) is 11.7. The van der Waals surface area contributed by atoms with Crippen molar-refractivity contribution in [2.75, 3.05) is 0 Å². The summed E-state index contributed by atoms with van der Waals surface area (Å²) in [6, 6.07) is 44.9. The Kier molecular flexibility index (Phi) is 5.08. The summed E-state index contributed by atoms with van der Waals surface area (Å²) in [5.74, 6) is 0. The maximum Gasteiger partial charge on any atom is 0.0991 e. The largest absolute Gasteiger partial charge is 0.309 e. The van der Waals surface area contributed by atoms with E-state index >= 15 is 0 Å². The molecule has 0 radical (unpaired) electrons. The fourth-order valence-electron chi connectivity index (χ4n) is 6.84. The first-order valence-electron chi connectivity index (χ1n) is 14.5. The van der Waals surface area contributed by atoms with E-state index in [-0.39, 0.29) is 0 Å². The van der Waals surface area contributed by atoms with Crippen molar-refractivity contribution in [2.45, 2.75) is 6.92 Å². The first-order chi connectivity index (χ1) is 21.6. The Hall–Kier alpha value is -5.88. The molecule has 0 atom stereocenters. The summed E-state index contributed by atoms with van der Waals surface area (Å²) in [5.41, 5.74) is 9.07. The minimum absolute atomic E-state index is 0.603. The fourth-order valence-corrected chi connectivity index (χ4v) is 7.90. The molecule has 9 aromatic rings. The van der Waals surface area contributed by atoms with Gasteiger partial charge in [-0.3, -0.25) is 0 Å². The van der Waals surface area contributed by atoms with Crippen molar-refractivity contribution in [3.05, 3.63) is 132 Å². The Morgan fingerprint density at radius 3 is 1.55 bits per heavy atom. The van der Waals surface area contributed by atoms with Gasteiger partial charge in [-0.1, -0.05) is 29.8 Å². The summed E-state index contributed by atoms with van der Waals surface area (Å²) in [5, 5.41) is 26.1. The number of rotatable bonds is 2. The van der Waals surface area contributed by atoms with Gasteiger partial charge in [0.15, 0.2) is 0 Å². The van der Waals surface area contributed by atoms with Gasteiger partial charge in [-0.15, -0.1) is 11.3 Å². The van der Waals surface area contributed by atoms with Crippen molar-refractivity contribution in [1.82, 2.24) is 9.13 Å². The van der Waals surface area contributed by atoms with E-state index in [2.05, 4.69) is 107 Å². The van der Waals surface area contributed by atoms with E-state index in [1.54, 1.807) is 0 Å². The van der Waals surface area contributed by atoms with Crippen LogP contribution in [-0.2, 0) is 0 Å². The van der Waals surface area contributed by atoms with E-state index in [9.17, 15) is 10.5 Å². The van der Waals surface area contributed by atoms with Gasteiger partial charge in [0.25, 0.3) is 0 Å². The Bertz CT molecular complexity index is 2690. The number of fused-ring (bicyclic) bond motifs is 9. The van der Waals surface area contributed by atoms with E-state index in [1.165, 1.54) is 47.5 Å². The number of hydrogen-bond acceptors (Lipinski definition) is 3. The molecule has 0 aliphatic carbocycles. The monoisotopic (exact) mass is 578 g/mol. The molecule has 9 rings (SSSR count). The Morgan fingerprint density at radius 2 is 0.977 bits per heavy atom. The van der Waals surface area contributed by atoms with Crippen LogP contribution >= 0.6 is 11.3 Å². The van der Waals surface area contributed by atoms with Crippen molar-refractivity contribution in [1.29, 1.82) is 10.5 Å². The zero-order valence-electron chi connectivity index (χ0n) is 23.7. The lowest BCUT2D eigenvalue weighted by atomic mass is 10.1. The number of aromatic nitrogens is 2. The highest BCUT2D eigenvalue weighted by molar-refractivity contribution is 7.25. The molecule has 44 heavy (non-hydrogen) atoms. The molecule has 6 aromatic carbocycles. The minimum Gasteiger partial charge on any atom is -0.309 e. The molecule has 0 saturated heterocycles. The van der Waals surface area contributed by atoms with Crippen LogP contribution in [0.3, 0.4) is 0 Å². The molecular formula is C39H22N4S. The molecule has 0 spiro atoms. The van der Waals surface area contributed by atoms with E-state index < -0.39 is 0 Å². The number of thiophene rings is 1. The maximum absolute atomic E-state index is 9.60. The molecule has 5 heteroatoms. The molecular weight excluding hydrogens is 557 g/mol. The lowest BCUT2D eigenvalue weighted by molar-refractivity contribution is 1.18. The molecule has 0 amide bonds. The third kappa shape index (κ3) is 3.42. The molecule has 3 heterocycles. The average molecular weight is 579 g/mol. The molecule has 0 fully saturated rings. The third-order valence-corrected chi connectivity index (χ3v) is 9.96. The molecule has 0 N–H and O–H groups in total. The zero-order chi connectivity index (χ0) is 29.5. The smallest absolute Gasteiger partial charge is 0.0991 e. The van der Waals surface area contributed by atoms with E-state index in [0.717, 1.165) is 33.2 Å². The molecule has 4 nitrogen and oxygen atoms in total. The van der Waals surface area contributed by atoms with E-state index in [1.807, 2.05) is 47.7 Å². The Labute approximate surface area is 256 Å². The standard InChI is InChI=1S/C39H22N4S/c1-23-6-11-35-29(16-23)28-4-2-3-5-34(28)42(35)26-9-14-38-32(19-26)33-20-27(10-15-39(33)44-38)43-36-12-7-24(21-40)17-30(36)31-18-25(22-41)8-13-37(31)43/h2-20H,1H3. The van der Waals surface area contributed by atoms with Gasteiger partial charge in [0, 0.05) is 53.1 Å². The molecule has 0 bridgehead atoms. The number of aryl methyl sites for hydroxylation is 1. The third-order valence-electron chi connectivity index (χ3n) is 8.80. The molecule has 0 unspecified atom stereocenters. The molecule has 204 valence electrons. The van der Waals surface area contributed by atoms with Crippen LogP contribution in [-0.4, -0.2) is 9.13 Å². The number of para-hydroxylation sites is 1. The summed E-state index contributed by atoms with van der Waals surface area (Å²) < 4.78 is 7.11. The predicted molar refractivity (Wildman–Crippen MR) is 182 cm³/mol. The van der Waals surface area contributed by atoms with Gasteiger partial charge in [-0.25, -0.2) is 0 Å². The second-order valence-electron chi connectivity index (χ2n) is 11.4. The van der Waals surface area contributed by atoms with Crippen molar-refractivity contribution in [2.24, 2.45) is 0 Å². The van der Waals surface area contributed by atoms with Crippen LogP contribution < -0.4 is 0 Å². The quantitative estimate of drug-likeness (QED) is 0.205. The number of nitrogens with zero attached hydrogens (tertiary/aromatic N) is 4. The summed E-state index contributed by atoms with van der Waals surface area (Å²) in [6.07, 6.45) is 0. The molecule has 0 aliphatic rings. The van der Waals surface area contributed by atoms with Gasteiger partial charge < -0.3 is 9.13 Å². The van der Waals surface area contributed by atoms with Gasteiger partial charge in [-0.2, -0.15) is 10.5 Å². The van der Waals surface area contributed by atoms with Crippen LogP contribution in [0.2, 0.25) is 0 Å². The van der Waals surface area contributed by atoms with Crippen LogP contribution in [0.15, 0.2) is 115 Å². The van der Waals surface area contributed by atoms with Crippen molar-refractivity contribution >= 4 is 75.1 Å². The highest BCUT2D eigenvalue weighted by Gasteiger charge is 2.17. The number of nitriles is 2. The van der Waals surface area contributed by atoms with E-state index in [0.29, 0.717) is 11.1 Å². The highest BCUT2D eigenvalue weighted by Crippen LogP contribution is 2.40. The van der Waals surface area contributed by atoms with Crippen molar-refractivity contribution in [3.8, 4) is 23.5 Å². The fraction of sp³-hybridized carbons (Fsp3) is 0.0256. The molecule has 0 saturated carbocycles. The first kappa shape index (κ1) is 24.7. The summed E-state index contributed by atoms with van der Waals surface area (Å²) in [6.45, 7) is 2.15. The Morgan fingerprint density at radius 1 is 0.477 bits per heavy atom. The van der Waals surface area contributed by atoms with Crippen molar-refractivity contribution < 1.29 is 0 Å². The van der Waals surface area contributed by atoms with E-state index in [4.69, 9.17) is 0 Å². The van der Waals surface area contributed by atoms with Gasteiger partial charge in [0.1, 0.15) is 0 Å². The van der Waals surface area contributed by atoms with Gasteiger partial charge >= 0.3 is 0 Å². The average Bonchev–Trinajstić information content (AvgIpc) is 3.70. The predicted octanol–water partition coefficient (Wildman–Crippen LogP) is 10.3. The second-order valence-corrected chi connectivity index (χ2v) is 12.4. The van der Waals surface area contributed by atoms with Crippen LogP contribution in [0.4, 0.5) is 0 Å². The SMILES string of the molecule is Cc1ccc2c(c1)c1ccccc1n2-c1ccc2sc3ccc(-n4c5ccc(C#N)cc5c5cc(C#N)ccc54)cc3c2c1. The topological polar surface area (TPSA) is 57.4 Å². The van der Waals surface area contributed by atoms with Gasteiger partial charge in [0.05, 0.1) is 45.3 Å². The van der Waals surface area contributed by atoms with Crippen LogP contribution in [0.25, 0.3) is 75.2 Å². The summed E-state index contributed by atoms with van der Waals surface area (Å²) in [7, 11) is 0.